The Morgan fingerprint density at radius 3 is 2.66 bits per heavy atom. The van der Waals surface area contributed by atoms with E-state index in [1.807, 2.05) is 36.6 Å². The van der Waals surface area contributed by atoms with E-state index < -0.39 is 0 Å². The van der Waals surface area contributed by atoms with Crippen LogP contribution >= 0.6 is 11.3 Å². The number of nitrogens with one attached hydrogen (secondary N) is 1. The van der Waals surface area contributed by atoms with Gasteiger partial charge in [0.1, 0.15) is 0 Å². The van der Waals surface area contributed by atoms with Gasteiger partial charge in [-0.15, -0.1) is 11.3 Å². The van der Waals surface area contributed by atoms with Gasteiger partial charge in [-0.1, -0.05) is 55.8 Å². The van der Waals surface area contributed by atoms with Crippen molar-refractivity contribution in [2.75, 3.05) is 0 Å². The number of carbonyl (C=O) groups excluding carboxylic acids is 1. The van der Waals surface area contributed by atoms with E-state index in [2.05, 4.69) is 41.5 Å². The lowest BCUT2D eigenvalue weighted by molar-refractivity contribution is -0.121. The standard InChI is InChI=1S/C26H27N3O2S/c1-3-6-19-10-12-20(13-11-19)25(22-9-5-16-32-22)28-23(30)14-15-29-17-27-24-18(2)7-4-8-21(24)26(29)31/h4-5,7-13,16-17,25H,3,6,14-15H2,1-2H3,(H,28,30). The van der Waals surface area contributed by atoms with Crippen LogP contribution in [-0.4, -0.2) is 15.5 Å². The second kappa shape index (κ2) is 9.92. The Morgan fingerprint density at radius 2 is 1.94 bits per heavy atom. The van der Waals surface area contributed by atoms with E-state index in [-0.39, 0.29) is 30.5 Å². The lowest BCUT2D eigenvalue weighted by Crippen LogP contribution is -2.31. The molecule has 2 aromatic heterocycles. The fourth-order valence-corrected chi connectivity index (χ4v) is 4.69. The number of rotatable bonds is 8. The van der Waals surface area contributed by atoms with E-state index in [1.54, 1.807) is 17.4 Å². The highest BCUT2D eigenvalue weighted by atomic mass is 32.1. The Labute approximate surface area is 191 Å². The van der Waals surface area contributed by atoms with Crippen LogP contribution in [-0.2, 0) is 17.8 Å². The Hall–Kier alpha value is -3.25. The molecule has 0 aliphatic rings. The molecule has 2 aromatic carbocycles. The Balaban J connectivity index is 1.49. The summed E-state index contributed by atoms with van der Waals surface area (Å²) in [4.78, 5) is 31.2. The molecular formula is C26H27N3O2S. The van der Waals surface area contributed by atoms with Crippen molar-refractivity contribution < 1.29 is 4.79 Å². The first-order chi connectivity index (χ1) is 15.6. The second-order valence-electron chi connectivity index (χ2n) is 7.97. The van der Waals surface area contributed by atoms with Crippen molar-refractivity contribution in [1.82, 2.24) is 14.9 Å². The molecule has 1 amide bonds. The third-order valence-corrected chi connectivity index (χ3v) is 6.56. The number of aryl methyl sites for hydroxylation is 3. The van der Waals surface area contributed by atoms with Crippen LogP contribution in [0.3, 0.4) is 0 Å². The zero-order valence-corrected chi connectivity index (χ0v) is 19.2. The van der Waals surface area contributed by atoms with Crippen molar-refractivity contribution >= 4 is 28.1 Å². The number of benzene rings is 2. The molecule has 32 heavy (non-hydrogen) atoms. The molecule has 0 saturated heterocycles. The van der Waals surface area contributed by atoms with Crippen molar-refractivity contribution in [3.8, 4) is 0 Å². The molecule has 1 N–H and O–H groups in total. The van der Waals surface area contributed by atoms with Gasteiger partial charge in [0.2, 0.25) is 5.91 Å². The van der Waals surface area contributed by atoms with Gasteiger partial charge >= 0.3 is 0 Å². The number of thiophene rings is 1. The summed E-state index contributed by atoms with van der Waals surface area (Å²) in [6.45, 7) is 4.39. The second-order valence-corrected chi connectivity index (χ2v) is 8.95. The number of nitrogens with zero attached hydrogens (tertiary/aromatic N) is 2. The van der Waals surface area contributed by atoms with Gasteiger partial charge in [0.05, 0.1) is 23.3 Å². The molecule has 4 aromatic rings. The fourth-order valence-electron chi connectivity index (χ4n) is 3.89. The summed E-state index contributed by atoms with van der Waals surface area (Å²) >= 11 is 1.62. The number of aromatic nitrogens is 2. The van der Waals surface area contributed by atoms with Gasteiger partial charge in [0.15, 0.2) is 0 Å². The number of para-hydroxylation sites is 1. The number of carbonyl (C=O) groups is 1. The molecular weight excluding hydrogens is 418 g/mol. The summed E-state index contributed by atoms with van der Waals surface area (Å²) in [7, 11) is 0. The van der Waals surface area contributed by atoms with Gasteiger partial charge in [0, 0.05) is 17.8 Å². The van der Waals surface area contributed by atoms with Gasteiger partial charge in [-0.2, -0.15) is 0 Å². The van der Waals surface area contributed by atoms with Crippen molar-refractivity contribution in [3.63, 3.8) is 0 Å². The van der Waals surface area contributed by atoms with E-state index in [0.29, 0.717) is 10.9 Å². The SMILES string of the molecule is CCCc1ccc(C(NC(=O)CCn2cnc3c(C)cccc3c2=O)c2cccs2)cc1. The molecule has 6 heteroatoms. The maximum absolute atomic E-state index is 12.9. The molecule has 0 fully saturated rings. The predicted octanol–water partition coefficient (Wildman–Crippen LogP) is 5.01. The maximum Gasteiger partial charge on any atom is 0.261 e. The minimum Gasteiger partial charge on any atom is -0.344 e. The first-order valence-corrected chi connectivity index (χ1v) is 11.8. The molecule has 0 spiro atoms. The van der Waals surface area contributed by atoms with Gasteiger partial charge in [-0.3, -0.25) is 14.2 Å². The van der Waals surface area contributed by atoms with Crippen LogP contribution in [0.2, 0.25) is 0 Å². The molecule has 1 unspecified atom stereocenters. The summed E-state index contributed by atoms with van der Waals surface area (Å²) in [6.07, 6.45) is 3.89. The normalized spacial score (nSPS) is 12.1. The number of amides is 1. The maximum atomic E-state index is 12.9. The van der Waals surface area contributed by atoms with Gasteiger partial charge in [-0.05, 0) is 47.5 Å². The fraction of sp³-hybridized carbons (Fsp3) is 0.269. The van der Waals surface area contributed by atoms with E-state index in [4.69, 9.17) is 0 Å². The van der Waals surface area contributed by atoms with E-state index in [1.165, 1.54) is 16.5 Å². The Kier molecular flexibility index (Phi) is 6.81. The van der Waals surface area contributed by atoms with Crippen LogP contribution in [0.5, 0.6) is 0 Å². The highest BCUT2D eigenvalue weighted by Gasteiger charge is 2.18. The summed E-state index contributed by atoms with van der Waals surface area (Å²) in [6, 6.07) is 17.9. The molecule has 0 radical (unpaired) electrons. The van der Waals surface area contributed by atoms with Crippen LogP contribution in [0.15, 0.2) is 71.1 Å². The molecule has 0 aliphatic heterocycles. The molecule has 0 bridgehead atoms. The van der Waals surface area contributed by atoms with Crippen LogP contribution < -0.4 is 10.9 Å². The summed E-state index contributed by atoms with van der Waals surface area (Å²) in [5.41, 5.74) is 3.91. The highest BCUT2D eigenvalue weighted by Crippen LogP contribution is 2.26. The lowest BCUT2D eigenvalue weighted by Gasteiger charge is -2.19. The van der Waals surface area contributed by atoms with Gasteiger partial charge < -0.3 is 5.32 Å². The molecule has 0 aliphatic carbocycles. The van der Waals surface area contributed by atoms with Crippen LogP contribution in [0, 0.1) is 6.92 Å². The smallest absolute Gasteiger partial charge is 0.261 e. The molecule has 5 nitrogen and oxygen atoms in total. The van der Waals surface area contributed by atoms with Gasteiger partial charge in [0.25, 0.3) is 5.56 Å². The third kappa shape index (κ3) is 4.81. The van der Waals surface area contributed by atoms with E-state index in [0.717, 1.165) is 28.8 Å². The molecule has 164 valence electrons. The van der Waals surface area contributed by atoms with E-state index >= 15 is 0 Å². The summed E-state index contributed by atoms with van der Waals surface area (Å²) in [5.74, 6) is -0.0997. The Bertz CT molecular complexity index is 1260. The first kappa shape index (κ1) is 22.0. The minimum absolute atomic E-state index is 0.0997. The summed E-state index contributed by atoms with van der Waals surface area (Å²) in [5, 5.41) is 5.76. The van der Waals surface area contributed by atoms with Crippen molar-refractivity contribution in [1.29, 1.82) is 0 Å². The first-order valence-electron chi connectivity index (χ1n) is 10.9. The average Bonchev–Trinajstić information content (AvgIpc) is 3.33. The topological polar surface area (TPSA) is 64.0 Å². The third-order valence-electron chi connectivity index (χ3n) is 5.62. The largest absolute Gasteiger partial charge is 0.344 e. The van der Waals surface area contributed by atoms with Crippen LogP contribution in [0.4, 0.5) is 0 Å². The number of hydrogen-bond donors (Lipinski definition) is 1. The zero-order chi connectivity index (χ0) is 22.5. The van der Waals surface area contributed by atoms with Crippen LogP contribution in [0.1, 0.15) is 47.4 Å². The molecule has 1 atom stereocenters. The predicted molar refractivity (Wildman–Crippen MR) is 130 cm³/mol. The van der Waals surface area contributed by atoms with E-state index in [9.17, 15) is 9.59 Å². The number of hydrogen-bond acceptors (Lipinski definition) is 4. The molecule has 4 rings (SSSR count). The monoisotopic (exact) mass is 445 g/mol. The highest BCUT2D eigenvalue weighted by molar-refractivity contribution is 7.10. The Morgan fingerprint density at radius 1 is 1.12 bits per heavy atom. The number of fused-ring (bicyclic) bond motifs is 1. The minimum atomic E-state index is -0.202. The average molecular weight is 446 g/mol. The van der Waals surface area contributed by atoms with Crippen LogP contribution in [0.25, 0.3) is 10.9 Å². The van der Waals surface area contributed by atoms with Gasteiger partial charge in [-0.25, -0.2) is 4.98 Å². The van der Waals surface area contributed by atoms with Crippen molar-refractivity contribution in [2.24, 2.45) is 0 Å². The molecule has 0 saturated carbocycles. The van der Waals surface area contributed by atoms with Crippen molar-refractivity contribution in [2.45, 2.75) is 45.7 Å². The zero-order valence-electron chi connectivity index (χ0n) is 18.4. The quantitative estimate of drug-likeness (QED) is 0.414. The molecule has 2 heterocycles. The summed E-state index contributed by atoms with van der Waals surface area (Å²) < 4.78 is 1.51. The van der Waals surface area contributed by atoms with Crippen molar-refractivity contribution in [3.05, 3.63) is 98.2 Å². The lowest BCUT2D eigenvalue weighted by atomic mass is 10.0.